The fourth-order valence-electron chi connectivity index (χ4n) is 2.38. The number of rotatable bonds is 6. The van der Waals surface area contributed by atoms with Gasteiger partial charge in [0.1, 0.15) is 36.1 Å². The van der Waals surface area contributed by atoms with Gasteiger partial charge in [0.05, 0.1) is 24.2 Å². The van der Waals surface area contributed by atoms with E-state index in [2.05, 4.69) is 0 Å². The van der Waals surface area contributed by atoms with Crippen molar-refractivity contribution in [3.63, 3.8) is 0 Å². The van der Waals surface area contributed by atoms with Crippen molar-refractivity contribution >= 4 is 11.6 Å². The Morgan fingerprint density at radius 1 is 1.18 bits per heavy atom. The second kappa shape index (κ2) is 9.22. The Hall–Kier alpha value is -1.67. The number of ether oxygens (including phenoxy) is 2. The molecule has 4 N–H and O–H groups in total. The van der Waals surface area contributed by atoms with E-state index in [1.54, 1.807) is 6.92 Å². The van der Waals surface area contributed by atoms with Gasteiger partial charge in [-0.15, -0.1) is 0 Å². The maximum absolute atomic E-state index is 10.8. The van der Waals surface area contributed by atoms with Gasteiger partial charge in [-0.1, -0.05) is 35.8 Å². The van der Waals surface area contributed by atoms with Crippen molar-refractivity contribution in [3.8, 4) is 5.75 Å². The highest BCUT2D eigenvalue weighted by Gasteiger charge is 2.43. The molecular weight excluding hydrogens is 384 g/mol. The molecule has 0 bridgehead atoms. The molecule has 0 unspecified atom stereocenters. The summed E-state index contributed by atoms with van der Waals surface area (Å²) in [5.41, 5.74) is -2.21. The lowest BCUT2D eigenvalue weighted by Crippen LogP contribution is -2.55. The lowest BCUT2D eigenvalue weighted by atomic mass is 9.90. The summed E-state index contributed by atoms with van der Waals surface area (Å²) in [6.45, 7) is 0.402. The van der Waals surface area contributed by atoms with E-state index in [4.69, 9.17) is 34.8 Å². The summed E-state index contributed by atoms with van der Waals surface area (Å²) < 4.78 is 93.7. The minimum absolute atomic E-state index is 0.119. The Kier molecular flexibility index (Phi) is 3.79. The first-order valence-electron chi connectivity index (χ1n) is 13.2. The first-order chi connectivity index (χ1) is 17.2. The van der Waals surface area contributed by atoms with Crippen LogP contribution >= 0.6 is 11.6 Å². The van der Waals surface area contributed by atoms with Crippen LogP contribution in [0.15, 0.2) is 42.4 Å². The van der Waals surface area contributed by atoms with Crippen LogP contribution in [-0.2, 0) is 11.1 Å². The highest BCUT2D eigenvalue weighted by atomic mass is 35.5. The molecule has 1 fully saturated rings. The Morgan fingerprint density at radius 3 is 2.54 bits per heavy atom. The van der Waals surface area contributed by atoms with Gasteiger partial charge in [-0.25, -0.2) is 0 Å². The van der Waals surface area contributed by atoms with Crippen LogP contribution in [-0.4, -0.2) is 58.0 Å². The van der Waals surface area contributed by atoms with Crippen LogP contribution in [0.3, 0.4) is 0 Å². The molecule has 0 aliphatic carbocycles. The molecule has 1 saturated heterocycles. The Balaban J connectivity index is 2.38. The summed E-state index contributed by atoms with van der Waals surface area (Å²) in [5, 5.41) is 40.7. The monoisotopic (exact) mass is 418 g/mol. The minimum Gasteiger partial charge on any atom is -0.494 e. The third-order valence-corrected chi connectivity index (χ3v) is 4.01. The van der Waals surface area contributed by atoms with Crippen LogP contribution in [0.25, 0.3) is 0 Å². The van der Waals surface area contributed by atoms with E-state index < -0.39 is 77.7 Å². The van der Waals surface area contributed by atoms with Crippen LogP contribution < -0.4 is 4.74 Å². The zero-order valence-electron chi connectivity index (χ0n) is 24.7. The summed E-state index contributed by atoms with van der Waals surface area (Å²) in [6, 6.07) is 2.08. The summed E-state index contributed by atoms with van der Waals surface area (Å²) in [5.74, 6) is 0.390. The maximum atomic E-state index is 10.8. The molecule has 0 spiro atoms. The standard InChI is InChI=1S/C21H25ClO6/c1-2-27-15-6-3-12(4-7-15)9-14-10-13(5-8-16(14)22)21-20(26)19(25)18(24)17(11-23)28-21/h3-8,10,17-21,23-26H,2,9,11H2,1H3/t17-,18-,19+,20-,21+/m1/s1/i5D,8D,9D2,10D,17D,18D,19D,20D,21D. The smallest absolute Gasteiger partial charge is 0.119 e. The first-order valence-corrected chi connectivity index (χ1v) is 8.59. The third kappa shape index (κ3) is 4.49. The number of benzene rings is 2. The normalized spacial score (nSPS) is 46.4. The molecule has 1 heterocycles. The van der Waals surface area contributed by atoms with Crippen molar-refractivity contribution in [3.05, 3.63) is 64.1 Å². The van der Waals surface area contributed by atoms with Crippen molar-refractivity contribution in [1.29, 1.82) is 0 Å². The van der Waals surface area contributed by atoms with Crippen molar-refractivity contribution in [1.82, 2.24) is 0 Å². The third-order valence-electron chi connectivity index (χ3n) is 3.73. The van der Waals surface area contributed by atoms with Gasteiger partial charge in [0, 0.05) is 7.76 Å². The Morgan fingerprint density at radius 2 is 1.89 bits per heavy atom. The molecule has 2 aromatic rings. The Bertz CT molecular complexity index is 1240. The van der Waals surface area contributed by atoms with E-state index in [0.717, 1.165) is 0 Å². The van der Waals surface area contributed by atoms with Crippen molar-refractivity contribution < 1.29 is 43.6 Å². The zero-order valence-corrected chi connectivity index (χ0v) is 15.5. The topological polar surface area (TPSA) is 99.4 Å². The number of hydrogen-bond acceptors (Lipinski definition) is 6. The number of halogens is 1. The van der Waals surface area contributed by atoms with E-state index >= 15 is 0 Å². The number of aliphatic hydroxyl groups excluding tert-OH is 1. The average Bonchev–Trinajstić information content (AvgIpc) is 2.82. The van der Waals surface area contributed by atoms with Gasteiger partial charge in [0.15, 0.2) is 0 Å². The van der Waals surface area contributed by atoms with Gasteiger partial charge >= 0.3 is 0 Å². The van der Waals surface area contributed by atoms with Gasteiger partial charge in [-0.2, -0.15) is 0 Å². The molecule has 0 radical (unpaired) electrons. The van der Waals surface area contributed by atoms with Gasteiger partial charge in [0.25, 0.3) is 0 Å². The molecule has 5 atom stereocenters. The summed E-state index contributed by atoms with van der Waals surface area (Å²) >= 11 is 6.19. The largest absolute Gasteiger partial charge is 0.494 e. The predicted octanol–water partition coefficient (Wildman–Crippen LogP) is 1.84. The zero-order chi connectivity index (χ0) is 29.3. The second-order valence-electron chi connectivity index (χ2n) is 5.58. The van der Waals surface area contributed by atoms with Crippen LogP contribution in [0, 0.1) is 0 Å². The SMILES string of the molecule is [2H]c1c([2H])c([C@]2([2H])O[C@]([2H])(CO)[C@@]([2H])(O)[C@]([2H])(O)[C@@]2([2H])O)c([2H])c(C([2H])([2H])c2ccc(OCC)cc2)c1Cl. The van der Waals surface area contributed by atoms with Crippen LogP contribution in [0.1, 0.15) is 43.4 Å². The van der Waals surface area contributed by atoms with Gasteiger partial charge in [-0.05, 0) is 48.2 Å². The maximum Gasteiger partial charge on any atom is 0.119 e. The Labute approximate surface area is 183 Å². The van der Waals surface area contributed by atoms with Gasteiger partial charge in [-0.3, -0.25) is 0 Å². The molecule has 1 aliphatic heterocycles. The van der Waals surface area contributed by atoms with Gasteiger partial charge < -0.3 is 29.9 Å². The molecule has 7 heteroatoms. The quantitative estimate of drug-likeness (QED) is 0.571. The van der Waals surface area contributed by atoms with Crippen molar-refractivity contribution in [2.45, 2.75) is 43.7 Å². The fourth-order valence-corrected chi connectivity index (χ4v) is 2.53. The van der Waals surface area contributed by atoms with E-state index in [0.29, 0.717) is 12.4 Å². The summed E-state index contributed by atoms with van der Waals surface area (Å²) in [6.07, 6.45) is -22.3. The second-order valence-corrected chi connectivity index (χ2v) is 5.96. The average molecular weight is 419 g/mol. The molecule has 152 valence electrons. The molecular formula is C21H25ClO6. The summed E-state index contributed by atoms with van der Waals surface area (Å²) in [4.78, 5) is 0. The van der Waals surface area contributed by atoms with Crippen molar-refractivity contribution in [2.24, 2.45) is 0 Å². The molecule has 28 heavy (non-hydrogen) atoms. The van der Waals surface area contributed by atoms with Crippen LogP contribution in [0.5, 0.6) is 5.75 Å². The predicted molar refractivity (Wildman–Crippen MR) is 105 cm³/mol. The molecule has 3 rings (SSSR count). The fraction of sp³-hybridized carbons (Fsp3) is 0.429. The van der Waals surface area contributed by atoms with E-state index in [1.807, 2.05) is 0 Å². The summed E-state index contributed by atoms with van der Waals surface area (Å²) in [7, 11) is 0. The first kappa shape index (κ1) is 11.5. The van der Waals surface area contributed by atoms with E-state index in [-0.39, 0.29) is 5.56 Å². The van der Waals surface area contributed by atoms with Crippen molar-refractivity contribution in [2.75, 3.05) is 13.2 Å². The molecule has 6 nitrogen and oxygen atoms in total. The van der Waals surface area contributed by atoms with Crippen LogP contribution in [0.4, 0.5) is 0 Å². The van der Waals surface area contributed by atoms with Gasteiger partial charge in [0.2, 0.25) is 0 Å². The van der Waals surface area contributed by atoms with Crippen LogP contribution in [0.2, 0.25) is 5.02 Å². The molecule has 0 amide bonds. The molecule has 2 aromatic carbocycles. The molecule has 0 saturated carbocycles. The number of aliphatic hydroxyl groups is 4. The lowest BCUT2D eigenvalue weighted by Gasteiger charge is -2.40. The molecule has 0 aromatic heterocycles. The highest BCUT2D eigenvalue weighted by molar-refractivity contribution is 6.31. The van der Waals surface area contributed by atoms with E-state index in [1.165, 1.54) is 24.3 Å². The van der Waals surface area contributed by atoms with E-state index in [9.17, 15) is 20.4 Å². The molecule has 1 aliphatic rings. The highest BCUT2D eigenvalue weighted by Crippen LogP contribution is 2.34. The lowest BCUT2D eigenvalue weighted by molar-refractivity contribution is -0.231. The minimum atomic E-state index is -4.18. The number of hydrogen-bond donors (Lipinski definition) is 4.